The summed E-state index contributed by atoms with van der Waals surface area (Å²) in [6.07, 6.45) is 3.07. The molecule has 4 aliphatic heterocycles. The largest absolute Gasteiger partial charge is 0.491 e. The lowest BCUT2D eigenvalue weighted by Crippen LogP contribution is -2.27. The lowest BCUT2D eigenvalue weighted by molar-refractivity contribution is 0.275. The van der Waals surface area contributed by atoms with Gasteiger partial charge in [0, 0.05) is 12.4 Å². The summed E-state index contributed by atoms with van der Waals surface area (Å²) < 4.78 is 44.6. The van der Waals surface area contributed by atoms with E-state index < -0.39 is 7.12 Å². The van der Waals surface area contributed by atoms with Crippen LogP contribution in [0.25, 0.3) is 9.69 Å². The number of ether oxygens (including phenoxy) is 4. The number of aromatic nitrogens is 2. The minimum absolute atomic E-state index is 0.149. The molecule has 0 bridgehead atoms. The van der Waals surface area contributed by atoms with E-state index in [1.807, 2.05) is 136 Å². The third kappa shape index (κ3) is 17.9. The van der Waals surface area contributed by atoms with Crippen molar-refractivity contribution in [3.63, 3.8) is 0 Å². The second kappa shape index (κ2) is 34.3. The highest BCUT2D eigenvalue weighted by Gasteiger charge is 2.28. The highest BCUT2D eigenvalue weighted by atomic mass is 16.5. The minimum atomic E-state index is -0.867. The molecule has 0 spiro atoms. The number of nitrogens with zero attached hydrogens (tertiary/aromatic N) is 6. The predicted molar refractivity (Wildman–Crippen MR) is 335 cm³/mol. The molecule has 424 valence electrons. The van der Waals surface area contributed by atoms with Crippen LogP contribution in [0.3, 0.4) is 0 Å². The maximum atomic E-state index is 9.53. The number of hydrogen-bond donors (Lipinski definition) is 1. The average Bonchev–Trinajstić information content (AvgIpc) is 4.51. The van der Waals surface area contributed by atoms with Crippen molar-refractivity contribution < 1.29 is 42.6 Å². The van der Waals surface area contributed by atoms with Crippen molar-refractivity contribution in [1.82, 2.24) is 9.97 Å². The molecule has 19 heteroatoms. The predicted octanol–water partition coefficient (Wildman–Crippen LogP) is 13.9. The number of hydrogen-bond acceptors (Lipinski definition) is 13. The van der Waals surface area contributed by atoms with E-state index in [4.69, 9.17) is 61.2 Å². The van der Waals surface area contributed by atoms with E-state index in [2.05, 4.69) is 38.6 Å². The maximum Gasteiger partial charge on any atom is 0.491 e. The molecular weight excluding hydrogens is 1050 g/mol. The van der Waals surface area contributed by atoms with Gasteiger partial charge in [-0.05, 0) is 141 Å². The van der Waals surface area contributed by atoms with E-state index in [0.29, 0.717) is 66.3 Å². The molecule has 15 nitrogen and oxygen atoms in total. The normalized spacial score (nSPS) is 12.0. The van der Waals surface area contributed by atoms with Crippen LogP contribution in [0.4, 0.5) is 11.4 Å². The van der Waals surface area contributed by atoms with Crippen molar-refractivity contribution in [2.45, 2.75) is 102 Å². The summed E-state index contributed by atoms with van der Waals surface area (Å²) in [6, 6.07) is 48.3. The van der Waals surface area contributed by atoms with Gasteiger partial charge in [-0.15, -0.1) is 0 Å². The lowest BCUT2D eigenvalue weighted by Gasteiger charge is -2.08. The summed E-state index contributed by atoms with van der Waals surface area (Å²) in [7, 11) is -0.867. The SMILES string of the molecule is CB1OCc2cc(Oc3ccccc3C#N)ccc21.CC.CC.CC.CC.N#Cc1cccnc1Oc1ccc2c(c1)COB2O.[C-]#[N+]c1ccc(Oc2ccc3c(c2)COB3C)cc1.[C-]#[N+]c1ccc(Oc2ccc3c(c2)COB3C)nc1. The molecule has 0 aliphatic carbocycles. The Morgan fingerprint density at radius 1 is 0.464 bits per heavy atom. The van der Waals surface area contributed by atoms with E-state index in [1.165, 1.54) is 28.1 Å². The standard InChI is InChI=1S/2C15H12BNO2.C14H11BN2O2.C13H9BN2O3.4C2H6/c1-16-15-8-7-14(9-11(15)10-18-16)19-13-5-3-12(17-2)4-6-13;1-16-14-7-6-13(8-12(14)10-18-16)19-15-5-3-2-4-11(15)9-17;1-15-13-5-4-12(7-10(13)9-18-15)19-14-6-3-11(16-2)8-17-14;15-7-9-2-1-5-16-13(9)19-11-3-4-12-10(6-11)8-18-14(12)17;4*1-2/h3-9H,10H2,1H3;2-8H,10H2,1H3;3-8H,9H2,1H3;1-6,17H,8H2;4*1-2H3. The molecule has 1 N–H and O–H groups in total. The Bertz CT molecular complexity index is 3330. The van der Waals surface area contributed by atoms with E-state index in [-0.39, 0.29) is 26.6 Å². The molecule has 0 radical (unpaired) electrons. The first kappa shape index (κ1) is 65.6. The van der Waals surface area contributed by atoms with E-state index in [9.17, 15) is 5.02 Å². The van der Waals surface area contributed by atoms with Crippen molar-refractivity contribution in [1.29, 1.82) is 10.5 Å². The first-order valence-electron chi connectivity index (χ1n) is 28.1. The Hall–Kier alpha value is -9.16. The fraction of sp³-hybridized carbons (Fsp3) is 0.231. The minimum Gasteiger partial charge on any atom is -0.457 e. The van der Waals surface area contributed by atoms with Gasteiger partial charge in [-0.25, -0.2) is 19.7 Å². The second-order valence-electron chi connectivity index (χ2n) is 17.5. The van der Waals surface area contributed by atoms with Crippen LogP contribution < -0.4 is 40.8 Å². The number of fused-ring (bicyclic) bond motifs is 4. The van der Waals surface area contributed by atoms with Gasteiger partial charge >= 0.3 is 27.9 Å². The molecule has 4 aliphatic rings. The highest BCUT2D eigenvalue weighted by molar-refractivity contribution is 6.68. The highest BCUT2D eigenvalue weighted by Crippen LogP contribution is 2.29. The van der Waals surface area contributed by atoms with Gasteiger partial charge in [0.15, 0.2) is 5.69 Å². The molecule has 0 saturated heterocycles. The Labute approximate surface area is 496 Å². The smallest absolute Gasteiger partial charge is 0.457 e. The third-order valence-electron chi connectivity index (χ3n) is 12.5. The molecule has 0 fully saturated rings. The first-order chi connectivity index (χ1) is 41.1. The molecule has 6 heterocycles. The molecule has 84 heavy (non-hydrogen) atoms. The van der Waals surface area contributed by atoms with Gasteiger partial charge in [0.1, 0.15) is 52.2 Å². The van der Waals surface area contributed by atoms with Gasteiger partial charge in [-0.3, -0.25) is 0 Å². The van der Waals surface area contributed by atoms with Crippen LogP contribution in [0.1, 0.15) is 88.8 Å². The lowest BCUT2D eigenvalue weighted by atomic mass is 9.64. The topological polar surface area (TPSA) is 176 Å². The molecule has 0 atom stereocenters. The van der Waals surface area contributed by atoms with Crippen molar-refractivity contribution in [3.8, 4) is 58.4 Å². The monoisotopic (exact) mass is 1120 g/mol. The Morgan fingerprint density at radius 3 is 1.39 bits per heavy atom. The summed E-state index contributed by atoms with van der Waals surface area (Å²) >= 11 is 0. The molecule has 0 saturated carbocycles. The quantitative estimate of drug-likeness (QED) is 0.112. The van der Waals surface area contributed by atoms with Crippen molar-refractivity contribution in [3.05, 3.63) is 214 Å². The first-order valence-corrected chi connectivity index (χ1v) is 28.1. The maximum absolute atomic E-state index is 9.53. The van der Waals surface area contributed by atoms with Gasteiger partial charge in [-0.2, -0.15) is 10.5 Å². The number of nitriles is 2. The van der Waals surface area contributed by atoms with E-state index in [1.54, 1.807) is 85.1 Å². The van der Waals surface area contributed by atoms with Crippen molar-refractivity contribution in [2.75, 3.05) is 0 Å². The number of benzene rings is 6. The van der Waals surface area contributed by atoms with Crippen molar-refractivity contribution in [2.24, 2.45) is 0 Å². The summed E-state index contributed by atoms with van der Waals surface area (Å²) in [5.41, 5.74) is 10.8. The second-order valence-corrected chi connectivity index (χ2v) is 17.5. The molecular formula is C65H68B4N6O9. The zero-order valence-electron chi connectivity index (χ0n) is 49.5. The van der Waals surface area contributed by atoms with E-state index >= 15 is 0 Å². The molecule has 12 rings (SSSR count). The summed E-state index contributed by atoms with van der Waals surface area (Å²) in [5, 5.41) is 27.5. The third-order valence-corrected chi connectivity index (χ3v) is 12.5. The molecule has 2 aromatic heterocycles. The van der Waals surface area contributed by atoms with Crippen LogP contribution in [0.5, 0.6) is 46.3 Å². The molecule has 0 amide bonds. The summed E-state index contributed by atoms with van der Waals surface area (Å²) in [5.74, 6) is 4.90. The Balaban J connectivity index is 0.000000197. The number of rotatable bonds is 8. The van der Waals surface area contributed by atoms with Gasteiger partial charge in [0.25, 0.3) is 0 Å². The van der Waals surface area contributed by atoms with Gasteiger partial charge in [0.05, 0.1) is 45.1 Å². The molecule has 6 aromatic carbocycles. The summed E-state index contributed by atoms with van der Waals surface area (Å²) in [6.45, 7) is 38.6. The zero-order chi connectivity index (χ0) is 61.0. The van der Waals surface area contributed by atoms with Crippen LogP contribution in [0.15, 0.2) is 158 Å². The fourth-order valence-corrected chi connectivity index (χ4v) is 8.47. The fourth-order valence-electron chi connectivity index (χ4n) is 8.47. The Kier molecular flexibility index (Phi) is 26.8. The van der Waals surface area contributed by atoms with Gasteiger partial charge in [0.2, 0.25) is 17.4 Å². The van der Waals surface area contributed by atoms with Crippen LogP contribution in [0, 0.1) is 35.8 Å². The van der Waals surface area contributed by atoms with Crippen LogP contribution in [-0.4, -0.2) is 42.9 Å². The van der Waals surface area contributed by atoms with Crippen LogP contribution in [-0.2, 0) is 45.0 Å². The van der Waals surface area contributed by atoms with Crippen molar-refractivity contribution >= 4 is 61.1 Å². The molecule has 0 unspecified atom stereocenters. The molecule has 8 aromatic rings. The van der Waals surface area contributed by atoms with Crippen LogP contribution >= 0.6 is 0 Å². The zero-order valence-corrected chi connectivity index (χ0v) is 49.5. The Morgan fingerprint density at radius 2 is 0.893 bits per heavy atom. The van der Waals surface area contributed by atoms with Crippen LogP contribution in [0.2, 0.25) is 20.5 Å². The average molecular weight is 1120 g/mol. The number of para-hydroxylation sites is 1. The van der Waals surface area contributed by atoms with Gasteiger partial charge in [-0.1, -0.05) is 124 Å². The summed E-state index contributed by atoms with van der Waals surface area (Å²) in [4.78, 5) is 14.8. The van der Waals surface area contributed by atoms with E-state index in [0.717, 1.165) is 45.2 Å². The number of pyridine rings is 2. The van der Waals surface area contributed by atoms with Gasteiger partial charge < -0.3 is 42.6 Å².